The highest BCUT2D eigenvalue weighted by Crippen LogP contribution is 2.35. The third-order valence-corrected chi connectivity index (χ3v) is 6.01. The Morgan fingerprint density at radius 1 is 1.03 bits per heavy atom. The van der Waals surface area contributed by atoms with E-state index in [1.54, 1.807) is 18.2 Å². The van der Waals surface area contributed by atoms with Gasteiger partial charge in [0.25, 0.3) is 5.91 Å². The largest absolute Gasteiger partial charge is 0.469 e. The van der Waals surface area contributed by atoms with Crippen LogP contribution < -0.4 is 5.32 Å². The van der Waals surface area contributed by atoms with E-state index in [0.717, 1.165) is 5.56 Å². The van der Waals surface area contributed by atoms with Crippen LogP contribution in [0.15, 0.2) is 54.6 Å². The molecular weight excluding hydrogens is 433 g/mol. The third-order valence-electron chi connectivity index (χ3n) is 5.58. The summed E-state index contributed by atoms with van der Waals surface area (Å²) in [6.07, 6.45) is 4.50. The number of ether oxygens (including phenoxy) is 1. The van der Waals surface area contributed by atoms with E-state index in [9.17, 15) is 9.59 Å². The first kappa shape index (κ1) is 23.4. The van der Waals surface area contributed by atoms with E-state index in [1.165, 1.54) is 12.7 Å². The van der Waals surface area contributed by atoms with Crippen molar-refractivity contribution in [2.45, 2.75) is 44.6 Å². The van der Waals surface area contributed by atoms with E-state index < -0.39 is 5.92 Å². The molecule has 0 spiro atoms. The summed E-state index contributed by atoms with van der Waals surface area (Å²) in [7, 11) is 1.40. The van der Waals surface area contributed by atoms with Crippen LogP contribution >= 0.6 is 23.2 Å². The zero-order valence-electron chi connectivity index (χ0n) is 18.1. The Morgan fingerprint density at radius 3 is 2.19 bits per heavy atom. The van der Waals surface area contributed by atoms with Gasteiger partial charge in [-0.3, -0.25) is 9.59 Å². The number of esters is 1. The Balaban J connectivity index is 1.74. The fraction of sp³-hybridized carbons (Fsp3) is 0.360. The second-order valence-corrected chi connectivity index (χ2v) is 9.77. The van der Waals surface area contributed by atoms with Gasteiger partial charge in [0.2, 0.25) is 0 Å². The maximum absolute atomic E-state index is 12.6. The minimum Gasteiger partial charge on any atom is -0.469 e. The lowest BCUT2D eigenvalue weighted by atomic mass is 9.82. The SMILES string of the molecule is COC(=O)[C@H](c1ccc(C(C)(C)C)cc1)[C@H]1C=C[C@H](NC(=O)c2cc(Cl)cc(Cl)c2)C1. The van der Waals surface area contributed by atoms with Crippen LogP contribution in [0.4, 0.5) is 0 Å². The molecular formula is C25H27Cl2NO3. The van der Waals surface area contributed by atoms with Crippen LogP contribution in [-0.2, 0) is 14.9 Å². The van der Waals surface area contributed by atoms with E-state index >= 15 is 0 Å². The van der Waals surface area contributed by atoms with Crippen LogP contribution in [0.5, 0.6) is 0 Å². The van der Waals surface area contributed by atoms with E-state index in [0.29, 0.717) is 22.0 Å². The third kappa shape index (κ3) is 5.69. The van der Waals surface area contributed by atoms with Crippen molar-refractivity contribution in [2.24, 2.45) is 5.92 Å². The van der Waals surface area contributed by atoms with Crippen molar-refractivity contribution in [1.82, 2.24) is 5.32 Å². The van der Waals surface area contributed by atoms with Gasteiger partial charge >= 0.3 is 5.97 Å². The van der Waals surface area contributed by atoms with E-state index in [4.69, 9.17) is 27.9 Å². The Morgan fingerprint density at radius 2 is 1.65 bits per heavy atom. The monoisotopic (exact) mass is 459 g/mol. The second-order valence-electron chi connectivity index (χ2n) is 8.90. The summed E-state index contributed by atoms with van der Waals surface area (Å²) < 4.78 is 5.10. The molecule has 2 aromatic rings. The molecule has 3 atom stereocenters. The number of allylic oxidation sites excluding steroid dienone is 1. The molecule has 31 heavy (non-hydrogen) atoms. The lowest BCUT2D eigenvalue weighted by molar-refractivity contribution is -0.143. The van der Waals surface area contributed by atoms with Crippen LogP contribution in [0, 0.1) is 5.92 Å². The molecule has 6 heteroatoms. The van der Waals surface area contributed by atoms with Crippen LogP contribution in [0.1, 0.15) is 54.6 Å². The minimum atomic E-state index is -0.433. The van der Waals surface area contributed by atoms with E-state index in [-0.39, 0.29) is 29.3 Å². The van der Waals surface area contributed by atoms with Crippen LogP contribution in [0.3, 0.4) is 0 Å². The molecule has 0 aliphatic heterocycles. The fourth-order valence-corrected chi connectivity index (χ4v) is 4.42. The first-order valence-electron chi connectivity index (χ1n) is 10.2. The van der Waals surface area contributed by atoms with Gasteiger partial charge in [0.1, 0.15) is 0 Å². The summed E-state index contributed by atoms with van der Waals surface area (Å²) in [6, 6.07) is 12.7. The maximum atomic E-state index is 12.6. The molecule has 3 rings (SSSR count). The van der Waals surface area contributed by atoms with Crippen LogP contribution in [0.25, 0.3) is 0 Å². The van der Waals surface area contributed by atoms with Gasteiger partial charge in [-0.05, 0) is 47.1 Å². The standard InChI is InChI=1S/C25H27Cl2NO3/c1-25(2,3)18-8-5-15(6-9-18)22(24(30)31-4)16-7-10-21(13-16)28-23(29)17-11-19(26)14-20(27)12-17/h5-12,14,16,21-22H,13H2,1-4H3,(H,28,29)/t16-,21-,22+/m0/s1. The van der Waals surface area contributed by atoms with Gasteiger partial charge in [-0.1, -0.05) is 80.4 Å². The summed E-state index contributed by atoms with van der Waals surface area (Å²) >= 11 is 12.0. The Hall–Kier alpha value is -2.30. The Kier molecular flexibility index (Phi) is 7.13. The number of hydrogen-bond donors (Lipinski definition) is 1. The molecule has 0 unspecified atom stereocenters. The van der Waals surface area contributed by atoms with Gasteiger partial charge < -0.3 is 10.1 Å². The normalized spacial score (nSPS) is 19.2. The minimum absolute atomic E-state index is 0.0329. The average Bonchev–Trinajstić information content (AvgIpc) is 3.14. The van der Waals surface area contributed by atoms with Gasteiger partial charge in [-0.25, -0.2) is 0 Å². The number of carbonyl (C=O) groups is 2. The smallest absolute Gasteiger partial charge is 0.313 e. The summed E-state index contributed by atoms with van der Waals surface area (Å²) in [5.74, 6) is -1.06. The summed E-state index contributed by atoms with van der Waals surface area (Å²) in [5.41, 5.74) is 2.54. The topological polar surface area (TPSA) is 55.4 Å². The number of amides is 1. The Bertz CT molecular complexity index is 973. The molecule has 0 aromatic heterocycles. The van der Waals surface area contributed by atoms with Crippen molar-refractivity contribution in [1.29, 1.82) is 0 Å². The molecule has 164 valence electrons. The molecule has 0 radical (unpaired) electrons. The van der Waals surface area contributed by atoms with E-state index in [2.05, 4.69) is 38.2 Å². The maximum Gasteiger partial charge on any atom is 0.313 e. The molecule has 2 aromatic carbocycles. The molecule has 1 aliphatic rings. The Labute approximate surface area is 193 Å². The fourth-order valence-electron chi connectivity index (χ4n) is 3.89. The number of rotatable bonds is 5. The van der Waals surface area contributed by atoms with Gasteiger partial charge in [0.15, 0.2) is 0 Å². The van der Waals surface area contributed by atoms with Crippen molar-refractivity contribution >= 4 is 35.1 Å². The van der Waals surface area contributed by atoms with Crippen molar-refractivity contribution in [3.8, 4) is 0 Å². The van der Waals surface area contributed by atoms with Crippen molar-refractivity contribution in [3.63, 3.8) is 0 Å². The molecule has 1 amide bonds. The molecule has 0 fully saturated rings. The van der Waals surface area contributed by atoms with E-state index in [1.807, 2.05) is 24.3 Å². The quantitative estimate of drug-likeness (QED) is 0.445. The highest BCUT2D eigenvalue weighted by molar-refractivity contribution is 6.35. The number of benzene rings is 2. The first-order chi connectivity index (χ1) is 14.6. The van der Waals surface area contributed by atoms with Crippen molar-refractivity contribution in [2.75, 3.05) is 7.11 Å². The lowest BCUT2D eigenvalue weighted by Gasteiger charge is -2.24. The van der Waals surface area contributed by atoms with Gasteiger partial charge in [0.05, 0.1) is 13.0 Å². The number of nitrogens with one attached hydrogen (secondary N) is 1. The number of hydrogen-bond acceptors (Lipinski definition) is 3. The molecule has 0 saturated carbocycles. The predicted molar refractivity (Wildman–Crippen MR) is 125 cm³/mol. The number of carbonyl (C=O) groups excluding carboxylic acids is 2. The number of halogens is 2. The highest BCUT2D eigenvalue weighted by atomic mass is 35.5. The van der Waals surface area contributed by atoms with Gasteiger partial charge in [0, 0.05) is 21.7 Å². The molecule has 0 saturated heterocycles. The summed E-state index contributed by atoms with van der Waals surface area (Å²) in [4.78, 5) is 25.3. The lowest BCUT2D eigenvalue weighted by Crippen LogP contribution is -2.33. The summed E-state index contributed by atoms with van der Waals surface area (Å²) in [5, 5.41) is 3.79. The average molecular weight is 460 g/mol. The van der Waals surface area contributed by atoms with Crippen molar-refractivity contribution < 1.29 is 14.3 Å². The van der Waals surface area contributed by atoms with Crippen LogP contribution in [-0.4, -0.2) is 25.0 Å². The molecule has 0 bridgehead atoms. The number of methoxy groups -OCH3 is 1. The van der Waals surface area contributed by atoms with Crippen LogP contribution in [0.2, 0.25) is 10.0 Å². The van der Waals surface area contributed by atoms with Gasteiger partial charge in [-0.15, -0.1) is 0 Å². The molecule has 1 N–H and O–H groups in total. The second kappa shape index (κ2) is 9.46. The van der Waals surface area contributed by atoms with Gasteiger partial charge in [-0.2, -0.15) is 0 Å². The summed E-state index contributed by atoms with van der Waals surface area (Å²) in [6.45, 7) is 6.46. The molecule has 0 heterocycles. The highest BCUT2D eigenvalue weighted by Gasteiger charge is 2.34. The first-order valence-corrected chi connectivity index (χ1v) is 11.0. The molecule has 1 aliphatic carbocycles. The zero-order valence-corrected chi connectivity index (χ0v) is 19.6. The zero-order chi connectivity index (χ0) is 22.8. The van der Waals surface area contributed by atoms with Crippen molar-refractivity contribution in [3.05, 3.63) is 81.4 Å². The molecule has 4 nitrogen and oxygen atoms in total. The predicted octanol–water partition coefficient (Wildman–Crippen LogP) is 5.92.